The van der Waals surface area contributed by atoms with E-state index in [0.29, 0.717) is 5.92 Å². The van der Waals surface area contributed by atoms with Crippen LogP contribution < -0.4 is 11.1 Å². The molecule has 1 aliphatic heterocycles. The van der Waals surface area contributed by atoms with Crippen LogP contribution in [0.25, 0.3) is 0 Å². The molecule has 19 heavy (non-hydrogen) atoms. The van der Waals surface area contributed by atoms with Gasteiger partial charge in [-0.3, -0.25) is 4.79 Å². The largest absolute Gasteiger partial charge is 0.356 e. The molecule has 2 unspecified atom stereocenters. The lowest BCUT2D eigenvalue weighted by atomic mass is 9.84. The van der Waals surface area contributed by atoms with Gasteiger partial charge in [0.15, 0.2) is 0 Å². The first kappa shape index (κ1) is 14.8. The van der Waals surface area contributed by atoms with Crippen molar-refractivity contribution in [1.82, 2.24) is 10.2 Å². The number of nitrogens with two attached hydrogens (primary N) is 1. The van der Waals surface area contributed by atoms with E-state index in [0.717, 1.165) is 32.4 Å². The fourth-order valence-electron chi connectivity index (χ4n) is 3.37. The molecule has 1 saturated heterocycles. The van der Waals surface area contributed by atoms with Gasteiger partial charge in [0.1, 0.15) is 0 Å². The van der Waals surface area contributed by atoms with E-state index in [2.05, 4.69) is 17.1 Å². The van der Waals surface area contributed by atoms with Crippen LogP contribution >= 0.6 is 0 Å². The molecule has 0 aromatic rings. The Bertz CT molecular complexity index is 287. The van der Waals surface area contributed by atoms with Crippen molar-refractivity contribution < 1.29 is 4.79 Å². The summed E-state index contributed by atoms with van der Waals surface area (Å²) in [5, 5.41) is 3.15. The number of hydrogen-bond donors (Lipinski definition) is 2. The molecule has 1 aliphatic carbocycles. The van der Waals surface area contributed by atoms with Crippen LogP contribution in [0, 0.1) is 11.8 Å². The third-order valence-corrected chi connectivity index (χ3v) is 4.88. The first-order valence-electron chi connectivity index (χ1n) is 7.96. The maximum atomic E-state index is 12.2. The first-order valence-corrected chi connectivity index (χ1v) is 7.96. The van der Waals surface area contributed by atoms with Crippen LogP contribution in [-0.2, 0) is 4.79 Å². The van der Waals surface area contributed by atoms with Crippen LogP contribution in [0.4, 0.5) is 0 Å². The molecule has 3 N–H and O–H groups in total. The number of nitrogens with zero attached hydrogens (tertiary/aromatic N) is 1. The Morgan fingerprint density at radius 1 is 1.21 bits per heavy atom. The molecule has 0 spiro atoms. The molecule has 0 aromatic carbocycles. The zero-order chi connectivity index (χ0) is 13.7. The Morgan fingerprint density at radius 3 is 2.53 bits per heavy atom. The fraction of sp³-hybridized carbons (Fsp3) is 0.933. The lowest BCUT2D eigenvalue weighted by Gasteiger charge is -2.32. The minimum absolute atomic E-state index is 0.0597. The number of likely N-dealkylation sites (tertiary alicyclic amines) is 1. The second-order valence-corrected chi connectivity index (χ2v) is 6.18. The predicted molar refractivity (Wildman–Crippen MR) is 77.8 cm³/mol. The lowest BCUT2D eigenvalue weighted by molar-refractivity contribution is -0.126. The van der Waals surface area contributed by atoms with Crippen LogP contribution in [0.2, 0.25) is 0 Å². The van der Waals surface area contributed by atoms with Crippen molar-refractivity contribution in [3.8, 4) is 0 Å². The average molecular weight is 267 g/mol. The van der Waals surface area contributed by atoms with Gasteiger partial charge in [-0.1, -0.05) is 19.8 Å². The van der Waals surface area contributed by atoms with Crippen molar-refractivity contribution >= 4 is 5.91 Å². The van der Waals surface area contributed by atoms with Crippen molar-refractivity contribution in [3.05, 3.63) is 0 Å². The molecule has 0 aromatic heterocycles. The normalized spacial score (nSPS) is 30.2. The molecule has 2 rings (SSSR count). The molecule has 1 saturated carbocycles. The first-order chi connectivity index (χ1) is 9.20. The molecule has 2 fully saturated rings. The Balaban J connectivity index is 1.69. The van der Waals surface area contributed by atoms with E-state index in [4.69, 9.17) is 5.73 Å². The summed E-state index contributed by atoms with van der Waals surface area (Å²) in [5.41, 5.74) is 6.06. The summed E-state index contributed by atoms with van der Waals surface area (Å²) in [5.74, 6) is 0.918. The highest BCUT2D eigenvalue weighted by molar-refractivity contribution is 5.79. The van der Waals surface area contributed by atoms with E-state index >= 15 is 0 Å². The highest BCUT2D eigenvalue weighted by atomic mass is 16.1. The molecular weight excluding hydrogens is 238 g/mol. The molecule has 110 valence electrons. The average Bonchev–Trinajstić information content (AvgIpc) is 2.46. The predicted octanol–water partition coefficient (Wildman–Crippen LogP) is 1.35. The summed E-state index contributed by atoms with van der Waals surface area (Å²) >= 11 is 0. The number of amides is 1. The molecule has 1 amide bonds. The second kappa shape index (κ2) is 7.25. The van der Waals surface area contributed by atoms with E-state index < -0.39 is 0 Å². The maximum Gasteiger partial charge on any atom is 0.224 e. The van der Waals surface area contributed by atoms with Crippen molar-refractivity contribution in [2.24, 2.45) is 17.6 Å². The quantitative estimate of drug-likeness (QED) is 0.808. The number of rotatable bonds is 4. The minimum Gasteiger partial charge on any atom is -0.356 e. The van der Waals surface area contributed by atoms with E-state index in [1.165, 1.54) is 32.4 Å². The Labute approximate surface area is 117 Å². The zero-order valence-electron chi connectivity index (χ0n) is 12.2. The number of hydrogen-bond acceptors (Lipinski definition) is 3. The molecule has 2 atom stereocenters. The van der Waals surface area contributed by atoms with Gasteiger partial charge >= 0.3 is 0 Å². The van der Waals surface area contributed by atoms with Gasteiger partial charge in [0.2, 0.25) is 5.91 Å². The summed E-state index contributed by atoms with van der Waals surface area (Å²) in [6.07, 6.45) is 6.74. The van der Waals surface area contributed by atoms with Crippen molar-refractivity contribution in [3.63, 3.8) is 0 Å². The van der Waals surface area contributed by atoms with Crippen LogP contribution in [0.1, 0.15) is 45.4 Å². The molecule has 0 radical (unpaired) electrons. The second-order valence-electron chi connectivity index (χ2n) is 6.18. The van der Waals surface area contributed by atoms with Crippen molar-refractivity contribution in [2.45, 2.75) is 51.5 Å². The highest BCUT2D eigenvalue weighted by Crippen LogP contribution is 2.23. The van der Waals surface area contributed by atoms with Crippen LogP contribution in [0.5, 0.6) is 0 Å². The standard InChI is InChI=1S/C15H29N3O/c1-2-18-9-7-12(8-10-18)11-17-15(19)13-5-3-4-6-14(13)16/h12-14H,2-11,16H2,1H3,(H,17,19). The van der Waals surface area contributed by atoms with Gasteiger partial charge in [-0.05, 0) is 51.2 Å². The molecule has 4 nitrogen and oxygen atoms in total. The summed E-state index contributed by atoms with van der Waals surface area (Å²) in [6.45, 7) is 6.57. The topological polar surface area (TPSA) is 58.4 Å². The van der Waals surface area contributed by atoms with E-state index in [1.807, 2.05) is 0 Å². The molecule has 1 heterocycles. The smallest absolute Gasteiger partial charge is 0.224 e. The minimum atomic E-state index is 0.0597. The van der Waals surface area contributed by atoms with E-state index in [9.17, 15) is 4.79 Å². The van der Waals surface area contributed by atoms with Gasteiger partial charge < -0.3 is 16.0 Å². The molecule has 4 heteroatoms. The SMILES string of the molecule is CCN1CCC(CNC(=O)C2CCCCC2N)CC1. The number of carbonyl (C=O) groups excluding carboxylic acids is 1. The van der Waals surface area contributed by atoms with Crippen molar-refractivity contribution in [2.75, 3.05) is 26.2 Å². The van der Waals surface area contributed by atoms with E-state index in [1.54, 1.807) is 0 Å². The summed E-state index contributed by atoms with van der Waals surface area (Å²) < 4.78 is 0. The highest BCUT2D eigenvalue weighted by Gasteiger charge is 2.28. The Kier molecular flexibility index (Phi) is 5.64. The third kappa shape index (κ3) is 4.18. The van der Waals surface area contributed by atoms with Crippen LogP contribution in [0.3, 0.4) is 0 Å². The van der Waals surface area contributed by atoms with Gasteiger partial charge in [0.25, 0.3) is 0 Å². The summed E-state index contributed by atoms with van der Waals surface area (Å²) in [7, 11) is 0. The summed E-state index contributed by atoms with van der Waals surface area (Å²) in [6, 6.07) is 0.0793. The van der Waals surface area contributed by atoms with Gasteiger partial charge in [-0.15, -0.1) is 0 Å². The van der Waals surface area contributed by atoms with Gasteiger partial charge in [-0.25, -0.2) is 0 Å². The van der Waals surface area contributed by atoms with Crippen LogP contribution in [0.15, 0.2) is 0 Å². The zero-order valence-corrected chi connectivity index (χ0v) is 12.2. The molecular formula is C15H29N3O. The lowest BCUT2D eigenvalue weighted by Crippen LogP contribution is -2.45. The number of nitrogens with one attached hydrogen (secondary N) is 1. The van der Waals surface area contributed by atoms with Gasteiger partial charge in [-0.2, -0.15) is 0 Å². The molecule has 2 aliphatic rings. The maximum absolute atomic E-state index is 12.2. The Morgan fingerprint density at radius 2 is 1.89 bits per heavy atom. The summed E-state index contributed by atoms with van der Waals surface area (Å²) in [4.78, 5) is 14.7. The van der Waals surface area contributed by atoms with E-state index in [-0.39, 0.29) is 17.9 Å². The molecule has 0 bridgehead atoms. The fourth-order valence-corrected chi connectivity index (χ4v) is 3.37. The number of carbonyl (C=O) groups is 1. The van der Waals surface area contributed by atoms with Crippen molar-refractivity contribution in [1.29, 1.82) is 0 Å². The van der Waals surface area contributed by atoms with Gasteiger partial charge in [0, 0.05) is 12.6 Å². The Hall–Kier alpha value is -0.610. The van der Waals surface area contributed by atoms with Crippen LogP contribution in [-0.4, -0.2) is 43.0 Å². The third-order valence-electron chi connectivity index (χ3n) is 4.88. The number of piperidine rings is 1. The van der Waals surface area contributed by atoms with Gasteiger partial charge in [0.05, 0.1) is 5.92 Å². The monoisotopic (exact) mass is 267 g/mol.